The number of halogens is 1. The third-order valence-corrected chi connectivity index (χ3v) is 6.86. The topological polar surface area (TPSA) is 41.6 Å². The van der Waals surface area contributed by atoms with Crippen LogP contribution in [0, 0.1) is 0 Å². The number of hydrogen-bond donors (Lipinski definition) is 1. The molecular formula is C33H35BrN2O2. The molecular weight excluding hydrogens is 536 g/mol. The van der Waals surface area contributed by atoms with E-state index in [-0.39, 0.29) is 6.09 Å². The van der Waals surface area contributed by atoms with Crippen molar-refractivity contribution in [1.82, 2.24) is 10.2 Å². The maximum Gasteiger partial charge on any atom is 0.410 e. The van der Waals surface area contributed by atoms with E-state index >= 15 is 0 Å². The number of carbonyl (C=O) groups is 1. The SMILES string of the molecule is CC(C)(C)OC(=O)N(CCNC(c1ccccc1)(c1ccccc1)c1ccccc1)Cc1ccc(Br)cc1. The lowest BCUT2D eigenvalue weighted by Crippen LogP contribution is -2.48. The number of rotatable bonds is 9. The van der Waals surface area contributed by atoms with Gasteiger partial charge < -0.3 is 9.64 Å². The van der Waals surface area contributed by atoms with E-state index in [1.165, 1.54) is 0 Å². The van der Waals surface area contributed by atoms with Crippen molar-refractivity contribution in [2.45, 2.75) is 38.5 Å². The molecule has 1 amide bonds. The largest absolute Gasteiger partial charge is 0.444 e. The number of hydrogen-bond acceptors (Lipinski definition) is 3. The van der Waals surface area contributed by atoms with Crippen LogP contribution in [0.1, 0.15) is 43.0 Å². The zero-order valence-electron chi connectivity index (χ0n) is 22.2. The molecule has 4 aromatic rings. The Kier molecular flexibility index (Phi) is 9.03. The normalized spacial score (nSPS) is 11.7. The third kappa shape index (κ3) is 6.91. The van der Waals surface area contributed by atoms with Gasteiger partial charge in [0.25, 0.3) is 0 Å². The van der Waals surface area contributed by atoms with Crippen molar-refractivity contribution >= 4 is 22.0 Å². The van der Waals surface area contributed by atoms with Gasteiger partial charge in [-0.25, -0.2) is 4.79 Å². The van der Waals surface area contributed by atoms with Crippen LogP contribution in [0.4, 0.5) is 4.79 Å². The van der Waals surface area contributed by atoms with Crippen molar-refractivity contribution in [1.29, 1.82) is 0 Å². The summed E-state index contributed by atoms with van der Waals surface area (Å²) < 4.78 is 6.79. The van der Waals surface area contributed by atoms with Crippen LogP contribution in [-0.4, -0.2) is 29.7 Å². The smallest absolute Gasteiger partial charge is 0.410 e. The maximum atomic E-state index is 13.3. The fraction of sp³-hybridized carbons (Fsp3) is 0.242. The van der Waals surface area contributed by atoms with Crippen LogP contribution in [0.3, 0.4) is 0 Å². The molecule has 0 fully saturated rings. The van der Waals surface area contributed by atoms with Crippen LogP contribution in [-0.2, 0) is 16.8 Å². The fourth-order valence-corrected chi connectivity index (χ4v) is 4.88. The summed E-state index contributed by atoms with van der Waals surface area (Å²) in [5.41, 5.74) is 3.27. The summed E-state index contributed by atoms with van der Waals surface area (Å²) in [6.07, 6.45) is -0.327. The molecule has 1 N–H and O–H groups in total. The first kappa shape index (κ1) is 27.6. The van der Waals surface area contributed by atoms with E-state index in [4.69, 9.17) is 4.74 Å². The number of ether oxygens (including phenoxy) is 1. The molecule has 0 radical (unpaired) electrons. The summed E-state index contributed by atoms with van der Waals surface area (Å²) >= 11 is 3.50. The molecule has 0 aliphatic rings. The Morgan fingerprint density at radius 3 is 1.61 bits per heavy atom. The second-order valence-corrected chi connectivity index (χ2v) is 11.2. The minimum absolute atomic E-state index is 0.327. The number of benzene rings is 4. The van der Waals surface area contributed by atoms with Crippen LogP contribution in [0.2, 0.25) is 0 Å². The molecule has 0 unspecified atom stereocenters. The Hall–Kier alpha value is -3.41. The van der Waals surface area contributed by atoms with Gasteiger partial charge in [0.15, 0.2) is 0 Å². The lowest BCUT2D eigenvalue weighted by atomic mass is 9.77. The van der Waals surface area contributed by atoms with Gasteiger partial charge in [0.05, 0.1) is 5.54 Å². The quantitative estimate of drug-likeness (QED) is 0.209. The third-order valence-electron chi connectivity index (χ3n) is 6.33. The zero-order chi connectivity index (χ0) is 27.0. The highest BCUT2D eigenvalue weighted by Crippen LogP contribution is 2.36. The molecule has 0 atom stereocenters. The lowest BCUT2D eigenvalue weighted by Gasteiger charge is -2.38. The minimum Gasteiger partial charge on any atom is -0.444 e. The first-order valence-corrected chi connectivity index (χ1v) is 13.7. The Morgan fingerprint density at radius 1 is 0.737 bits per heavy atom. The molecule has 0 saturated heterocycles. The second kappa shape index (κ2) is 12.4. The van der Waals surface area contributed by atoms with E-state index in [9.17, 15) is 4.79 Å². The van der Waals surface area contributed by atoms with Gasteiger partial charge >= 0.3 is 6.09 Å². The van der Waals surface area contributed by atoms with Crippen LogP contribution in [0.5, 0.6) is 0 Å². The molecule has 4 aromatic carbocycles. The van der Waals surface area contributed by atoms with E-state index in [1.54, 1.807) is 4.90 Å². The van der Waals surface area contributed by atoms with Crippen molar-refractivity contribution in [3.05, 3.63) is 142 Å². The maximum absolute atomic E-state index is 13.3. The van der Waals surface area contributed by atoms with Gasteiger partial charge in [-0.2, -0.15) is 0 Å². The average Bonchev–Trinajstić information content (AvgIpc) is 2.92. The van der Waals surface area contributed by atoms with Crippen LogP contribution in [0.15, 0.2) is 120 Å². The summed E-state index contributed by atoms with van der Waals surface area (Å²) in [6.45, 7) is 7.16. The summed E-state index contributed by atoms with van der Waals surface area (Å²) in [4.78, 5) is 15.0. The van der Waals surface area contributed by atoms with Gasteiger partial charge in [-0.15, -0.1) is 0 Å². The molecule has 0 spiro atoms. The van der Waals surface area contributed by atoms with E-state index < -0.39 is 11.1 Å². The molecule has 38 heavy (non-hydrogen) atoms. The molecule has 0 aliphatic heterocycles. The van der Waals surface area contributed by atoms with E-state index in [2.05, 4.69) is 94.0 Å². The lowest BCUT2D eigenvalue weighted by molar-refractivity contribution is 0.0233. The van der Waals surface area contributed by atoms with Crippen molar-refractivity contribution in [3.63, 3.8) is 0 Å². The number of amides is 1. The summed E-state index contributed by atoms with van der Waals surface area (Å²) in [6, 6.07) is 39.5. The molecule has 196 valence electrons. The first-order valence-electron chi connectivity index (χ1n) is 12.9. The van der Waals surface area contributed by atoms with Gasteiger partial charge in [-0.05, 0) is 55.2 Å². The highest BCUT2D eigenvalue weighted by Gasteiger charge is 2.36. The van der Waals surface area contributed by atoms with E-state index in [0.717, 1.165) is 26.7 Å². The molecule has 0 aromatic heterocycles. The Labute approximate surface area is 234 Å². The Morgan fingerprint density at radius 2 is 1.18 bits per heavy atom. The van der Waals surface area contributed by atoms with Crippen molar-refractivity contribution in [2.75, 3.05) is 13.1 Å². The van der Waals surface area contributed by atoms with Crippen molar-refractivity contribution < 1.29 is 9.53 Å². The number of nitrogens with zero attached hydrogens (tertiary/aromatic N) is 1. The van der Waals surface area contributed by atoms with Crippen molar-refractivity contribution in [3.8, 4) is 0 Å². The molecule has 5 heteroatoms. The predicted octanol–water partition coefficient (Wildman–Crippen LogP) is 7.77. The summed E-state index contributed by atoms with van der Waals surface area (Å²) in [5.74, 6) is 0. The average molecular weight is 572 g/mol. The van der Waals surface area contributed by atoms with Gasteiger partial charge in [0, 0.05) is 24.1 Å². The summed E-state index contributed by atoms with van der Waals surface area (Å²) in [7, 11) is 0. The molecule has 0 aliphatic carbocycles. The van der Waals surface area contributed by atoms with E-state index in [0.29, 0.717) is 19.6 Å². The van der Waals surface area contributed by atoms with Gasteiger partial charge in [-0.3, -0.25) is 5.32 Å². The van der Waals surface area contributed by atoms with Crippen LogP contribution >= 0.6 is 15.9 Å². The monoisotopic (exact) mass is 570 g/mol. The fourth-order valence-electron chi connectivity index (χ4n) is 4.62. The van der Waals surface area contributed by atoms with Crippen LogP contribution in [0.25, 0.3) is 0 Å². The van der Waals surface area contributed by atoms with Crippen LogP contribution < -0.4 is 5.32 Å². The number of carbonyl (C=O) groups excluding carboxylic acids is 1. The molecule has 0 bridgehead atoms. The Balaban J connectivity index is 1.67. The van der Waals surface area contributed by atoms with Gasteiger partial charge in [-0.1, -0.05) is 119 Å². The minimum atomic E-state index is -0.596. The van der Waals surface area contributed by atoms with Gasteiger partial charge in [0.1, 0.15) is 5.60 Å². The van der Waals surface area contributed by atoms with E-state index in [1.807, 2.05) is 63.2 Å². The first-order chi connectivity index (χ1) is 18.3. The second-order valence-electron chi connectivity index (χ2n) is 10.3. The highest BCUT2D eigenvalue weighted by atomic mass is 79.9. The predicted molar refractivity (Wildman–Crippen MR) is 158 cm³/mol. The highest BCUT2D eigenvalue weighted by molar-refractivity contribution is 9.10. The molecule has 4 nitrogen and oxygen atoms in total. The molecule has 4 rings (SSSR count). The Bertz CT molecular complexity index is 1190. The standard InChI is InChI=1S/C33H35BrN2O2/c1-32(2,3)38-31(37)36(25-26-19-21-30(34)22-20-26)24-23-35-33(27-13-7-4-8-14-27,28-15-9-5-10-16-28)29-17-11-6-12-18-29/h4-22,35H,23-25H2,1-3H3. The summed E-state index contributed by atoms with van der Waals surface area (Å²) in [5, 5.41) is 3.87. The number of nitrogens with one attached hydrogen (secondary N) is 1. The van der Waals surface area contributed by atoms with Crippen molar-refractivity contribution in [2.24, 2.45) is 0 Å². The molecule has 0 saturated carbocycles. The van der Waals surface area contributed by atoms with Gasteiger partial charge in [0.2, 0.25) is 0 Å². The zero-order valence-corrected chi connectivity index (χ0v) is 23.8. The molecule has 0 heterocycles.